The van der Waals surface area contributed by atoms with Crippen LogP contribution in [0, 0.1) is 0 Å². The maximum atomic E-state index is 4.29. The van der Waals surface area contributed by atoms with Gasteiger partial charge in [0, 0.05) is 34.3 Å². The summed E-state index contributed by atoms with van der Waals surface area (Å²) in [6.07, 6.45) is 44.1. The van der Waals surface area contributed by atoms with Crippen molar-refractivity contribution in [1.29, 1.82) is 0 Å². The normalized spacial score (nSPS) is 16.5. The van der Waals surface area contributed by atoms with Crippen molar-refractivity contribution < 1.29 is 0 Å². The highest BCUT2D eigenvalue weighted by Gasteiger charge is 2.19. The summed E-state index contributed by atoms with van der Waals surface area (Å²) in [5.74, 6) is 0.197. The highest BCUT2D eigenvalue weighted by molar-refractivity contribution is 5.89. The Bertz CT molecular complexity index is 2320. The molecule has 0 spiro atoms. The molecule has 1 aliphatic heterocycles. The molecule has 2 heterocycles. The number of hydrogen-bond acceptors (Lipinski definition) is 1. The van der Waals surface area contributed by atoms with E-state index >= 15 is 0 Å². The third-order valence-corrected chi connectivity index (χ3v) is 9.72. The Kier molecular flexibility index (Phi) is 15.2. The van der Waals surface area contributed by atoms with Gasteiger partial charge in [-0.25, -0.2) is 0 Å². The van der Waals surface area contributed by atoms with Crippen LogP contribution >= 0.6 is 0 Å². The van der Waals surface area contributed by atoms with Crippen LogP contribution < -0.4 is 5.32 Å². The second-order valence-corrected chi connectivity index (χ2v) is 13.3. The van der Waals surface area contributed by atoms with E-state index in [2.05, 4.69) is 214 Å². The fourth-order valence-corrected chi connectivity index (χ4v) is 6.94. The van der Waals surface area contributed by atoms with Crippen LogP contribution in [0.5, 0.6) is 0 Å². The minimum absolute atomic E-state index is 0.197. The lowest BCUT2D eigenvalue weighted by Gasteiger charge is -2.16. The van der Waals surface area contributed by atoms with E-state index in [1.54, 1.807) is 0 Å². The van der Waals surface area contributed by atoms with Crippen LogP contribution in [-0.4, -0.2) is 4.57 Å². The maximum Gasteiger partial charge on any atom is 0.0537 e. The lowest BCUT2D eigenvalue weighted by atomic mass is 9.92. The van der Waals surface area contributed by atoms with Gasteiger partial charge < -0.3 is 9.88 Å². The predicted molar refractivity (Wildman–Crippen MR) is 251 cm³/mol. The Balaban J connectivity index is 0.00000295. The van der Waals surface area contributed by atoms with Gasteiger partial charge in [0.05, 0.1) is 11.4 Å². The smallest absolute Gasteiger partial charge is 0.0537 e. The number of benzene rings is 3. The summed E-state index contributed by atoms with van der Waals surface area (Å²) in [5.41, 5.74) is 15.1. The number of allylic oxidation sites excluding steroid dienone is 17. The summed E-state index contributed by atoms with van der Waals surface area (Å²) >= 11 is 0. The molecule has 0 bridgehead atoms. The Hall–Kier alpha value is -6.38. The van der Waals surface area contributed by atoms with E-state index in [4.69, 9.17) is 0 Å². The van der Waals surface area contributed by atoms with E-state index in [0.717, 1.165) is 45.9 Å². The molecule has 1 unspecified atom stereocenters. The van der Waals surface area contributed by atoms with Gasteiger partial charge in [0.2, 0.25) is 0 Å². The minimum Gasteiger partial charge on any atom is -0.361 e. The van der Waals surface area contributed by atoms with Crippen LogP contribution in [0.2, 0.25) is 0 Å². The molecule has 4 aromatic rings. The molecule has 2 heteroatoms. The second-order valence-electron chi connectivity index (χ2n) is 13.3. The first-order valence-corrected chi connectivity index (χ1v) is 19.9. The molecule has 1 N–H and O–H groups in total. The summed E-state index contributed by atoms with van der Waals surface area (Å²) < 4.78 is 2.34. The molecule has 0 radical (unpaired) electrons. The Morgan fingerprint density at radius 3 is 2.29 bits per heavy atom. The fraction of sp³-hybridized carbons (Fsp3) is 0.148. The number of rotatable bonds is 10. The zero-order valence-electron chi connectivity index (χ0n) is 33.9. The summed E-state index contributed by atoms with van der Waals surface area (Å²) in [4.78, 5) is 0. The SMILES string of the molecule is C=Cc1c(/C=C\C)c(/C=C/C(/C=C\C(C)c2ccc3c(c2)-c2ccccc2\C=C/C=C\C=C\N3)=C/C)c(/C=C\C)n1C1=CC(c2ccccc2)=CCC=C1.CC. The zero-order chi connectivity index (χ0) is 39.7. The number of hydrogen-bond donors (Lipinski definition) is 1. The van der Waals surface area contributed by atoms with E-state index in [1.165, 1.54) is 33.4 Å². The minimum atomic E-state index is 0.197. The molecule has 0 saturated carbocycles. The molecule has 2 nitrogen and oxygen atoms in total. The Morgan fingerprint density at radius 2 is 1.52 bits per heavy atom. The topological polar surface area (TPSA) is 17.0 Å². The number of nitrogens with zero attached hydrogens (tertiary/aromatic N) is 1. The zero-order valence-corrected chi connectivity index (χ0v) is 33.9. The van der Waals surface area contributed by atoms with Gasteiger partial charge in [0.1, 0.15) is 0 Å². The van der Waals surface area contributed by atoms with Gasteiger partial charge >= 0.3 is 0 Å². The van der Waals surface area contributed by atoms with Gasteiger partial charge in [-0.15, -0.1) is 0 Å². The molecule has 1 aliphatic carbocycles. The number of fused-ring (bicyclic) bond motifs is 3. The standard InChI is InChI=1S/C52H50N2.C2H6/c1-6-21-47-48(52(22-7-2)54(51(47)9-4)45-28-18-16-27-44(37-45)41-23-14-12-15-24-41)34-32-40(8-3)31-30-39(5)43-33-35-50-49(38-43)46-29-19-17-26-42(46)25-13-10-11-20-36-53-50;1-2/h6-15,17-39,53H,4,16H2,1-3,5H3;1-2H3/b11-10-,21-6-,22-7-,25-13-,31-30-,34-32+,36-20+,40-8+;. The summed E-state index contributed by atoms with van der Waals surface area (Å²) in [6.45, 7) is 16.8. The molecule has 0 amide bonds. The van der Waals surface area contributed by atoms with Gasteiger partial charge in [0.25, 0.3) is 0 Å². The summed E-state index contributed by atoms with van der Waals surface area (Å²) in [7, 11) is 0. The van der Waals surface area contributed by atoms with Crippen LogP contribution in [0.1, 0.15) is 93.1 Å². The van der Waals surface area contributed by atoms with Crippen molar-refractivity contribution in [1.82, 2.24) is 4.57 Å². The quantitative estimate of drug-likeness (QED) is 0.161. The molecular formula is C54H56N2. The van der Waals surface area contributed by atoms with Crippen molar-refractivity contribution in [3.63, 3.8) is 0 Å². The van der Waals surface area contributed by atoms with E-state index in [9.17, 15) is 0 Å². The van der Waals surface area contributed by atoms with Crippen molar-refractivity contribution >= 4 is 47.3 Å². The van der Waals surface area contributed by atoms with Crippen LogP contribution in [-0.2, 0) is 0 Å². The van der Waals surface area contributed by atoms with Gasteiger partial charge in [-0.1, -0.05) is 173 Å². The van der Waals surface area contributed by atoms with E-state index in [0.29, 0.717) is 0 Å². The van der Waals surface area contributed by atoms with Crippen molar-refractivity contribution in [2.24, 2.45) is 0 Å². The lowest BCUT2D eigenvalue weighted by Crippen LogP contribution is -2.01. The van der Waals surface area contributed by atoms with Crippen molar-refractivity contribution in [2.45, 2.75) is 53.9 Å². The van der Waals surface area contributed by atoms with E-state index in [1.807, 2.05) is 38.3 Å². The van der Waals surface area contributed by atoms with Crippen LogP contribution in [0.3, 0.4) is 0 Å². The fourth-order valence-electron chi connectivity index (χ4n) is 6.94. The molecule has 0 fully saturated rings. The second kappa shape index (κ2) is 20.9. The van der Waals surface area contributed by atoms with Crippen LogP contribution in [0.4, 0.5) is 5.69 Å². The van der Waals surface area contributed by atoms with Gasteiger partial charge in [-0.05, 0) is 109 Å². The molecule has 0 saturated heterocycles. The first kappa shape index (κ1) is 40.8. The van der Waals surface area contributed by atoms with Crippen LogP contribution in [0.15, 0.2) is 176 Å². The molecule has 3 aromatic carbocycles. The number of aromatic nitrogens is 1. The van der Waals surface area contributed by atoms with Crippen molar-refractivity contribution in [3.05, 3.63) is 215 Å². The maximum absolute atomic E-state index is 4.29. The predicted octanol–water partition coefficient (Wildman–Crippen LogP) is 15.6. The molecule has 1 aromatic heterocycles. The van der Waals surface area contributed by atoms with Crippen molar-refractivity contribution in [3.8, 4) is 11.1 Å². The average molecular weight is 733 g/mol. The number of nitrogens with one attached hydrogen (secondary N) is 1. The first-order valence-electron chi connectivity index (χ1n) is 19.9. The van der Waals surface area contributed by atoms with E-state index < -0.39 is 0 Å². The first-order chi connectivity index (χ1) is 27.6. The Labute approximate surface area is 336 Å². The highest BCUT2D eigenvalue weighted by Crippen LogP contribution is 2.36. The van der Waals surface area contributed by atoms with E-state index in [-0.39, 0.29) is 5.92 Å². The monoisotopic (exact) mass is 732 g/mol. The lowest BCUT2D eigenvalue weighted by molar-refractivity contribution is 0.967. The third kappa shape index (κ3) is 9.83. The van der Waals surface area contributed by atoms with Gasteiger partial charge in [0.15, 0.2) is 0 Å². The molecule has 1 atom stereocenters. The molecule has 6 rings (SSSR count). The molecule has 2 aliphatic rings. The van der Waals surface area contributed by atoms with Gasteiger partial charge in [-0.3, -0.25) is 0 Å². The largest absolute Gasteiger partial charge is 0.361 e. The third-order valence-electron chi connectivity index (χ3n) is 9.72. The van der Waals surface area contributed by atoms with Crippen LogP contribution in [0.25, 0.3) is 52.8 Å². The summed E-state index contributed by atoms with van der Waals surface area (Å²) in [6, 6.07) is 26.0. The van der Waals surface area contributed by atoms with Crippen molar-refractivity contribution in [2.75, 3.05) is 5.32 Å². The number of anilines is 1. The molecule has 282 valence electrons. The molecule has 56 heavy (non-hydrogen) atoms. The highest BCUT2D eigenvalue weighted by atomic mass is 15.0. The summed E-state index contributed by atoms with van der Waals surface area (Å²) in [5, 5.41) is 3.51. The Morgan fingerprint density at radius 1 is 0.768 bits per heavy atom. The molecular weight excluding hydrogens is 677 g/mol. The van der Waals surface area contributed by atoms with Gasteiger partial charge in [-0.2, -0.15) is 0 Å². The average Bonchev–Trinajstić information content (AvgIpc) is 3.36.